The molecule has 96 heavy (non-hydrogen) atoms. The summed E-state index contributed by atoms with van der Waals surface area (Å²) in [5.74, 6) is -8.60. The van der Waals surface area contributed by atoms with Crippen molar-refractivity contribution < 1.29 is 62.5 Å². The number of nitrogens with one attached hydrogen (secondary N) is 3. The number of hydrogen-bond donors (Lipinski definition) is 4. The van der Waals surface area contributed by atoms with Crippen LogP contribution >= 0.6 is 0 Å². The molecule has 2 saturated heterocycles. The van der Waals surface area contributed by atoms with Crippen molar-refractivity contribution in [2.24, 2.45) is 23.7 Å². The molecule has 0 saturated carbocycles. The van der Waals surface area contributed by atoms with Gasteiger partial charge in [0.2, 0.25) is 41.4 Å². The van der Waals surface area contributed by atoms with Gasteiger partial charge in [0.15, 0.2) is 17.9 Å². The lowest BCUT2D eigenvalue weighted by molar-refractivity contribution is -0.177. The average Bonchev–Trinajstić information content (AvgIpc) is 1.18. The van der Waals surface area contributed by atoms with E-state index in [1.807, 2.05) is 57.2 Å². The Morgan fingerprint density at radius 3 is 1.67 bits per heavy atom. The predicted molar refractivity (Wildman–Crippen MR) is 373 cm³/mol. The van der Waals surface area contributed by atoms with Crippen molar-refractivity contribution in [3.63, 3.8) is 0 Å². The number of carbonyl (C=O) groups excluding carboxylic acids is 10. The minimum atomic E-state index is -2.02. The number of ether oxygens (including phenoxy) is 2. The Morgan fingerprint density at radius 1 is 0.594 bits per heavy atom. The lowest BCUT2D eigenvalue weighted by atomic mass is 9.94. The fourth-order valence-electron chi connectivity index (χ4n) is 13.2. The molecule has 0 unspecified atom stereocenters. The van der Waals surface area contributed by atoms with E-state index in [0.717, 1.165) is 30.6 Å². The standard InChI is InChI=1S/C75H120N8O13/c1-16-19-20-21-22-23-24-25-26-27-34-41-56(84)49-95-45-36-43-59-66(85)76-57(46-50(4)5)70(89)82(15)65(75(10,11)94)74(93)96-64(53(9)18-3)73(92)81(14)63(51(6)7)68(87)77-58(47-54-37-30-28-31-38-54)69(88)80(13)61(48-55-39-32-29-33-40-55)71(90)83-44-35-42-60(83)67(86)78-62(52(8)17-2)72(91)79(59)12/h28-33,37-40,50-53,57-65,94H,16-27,34-36,41-49H2,1-15H3,(H,76,85)(H,77,87)(H,78,86)/t52-,53-,57+,58+,59+,60+,61+,62-,63+,64+,65-/m1/s1. The van der Waals surface area contributed by atoms with Crippen LogP contribution in [0.1, 0.15) is 209 Å². The van der Waals surface area contributed by atoms with Gasteiger partial charge in [-0.3, -0.25) is 43.2 Å². The quantitative estimate of drug-likeness (QED) is 0.0422. The summed E-state index contributed by atoms with van der Waals surface area (Å²) in [6.07, 6.45) is 13.2. The van der Waals surface area contributed by atoms with Gasteiger partial charge in [0.25, 0.3) is 5.91 Å². The highest BCUT2D eigenvalue weighted by Gasteiger charge is 2.48. The number of benzene rings is 2. The molecule has 0 spiro atoms. The van der Waals surface area contributed by atoms with E-state index >= 15 is 38.4 Å². The zero-order valence-electron chi connectivity index (χ0n) is 60.8. The van der Waals surface area contributed by atoms with Gasteiger partial charge in [-0.05, 0) is 87.7 Å². The second-order valence-electron chi connectivity index (χ2n) is 28.5. The molecule has 4 N–H and O–H groups in total. The summed E-state index contributed by atoms with van der Waals surface area (Å²) >= 11 is 0. The van der Waals surface area contributed by atoms with Gasteiger partial charge in [0.05, 0.1) is 5.60 Å². The molecule has 2 aromatic rings. The SMILES string of the molecule is CCCCCCCCCCCCCC(=O)COCCC[C@H]1C(=O)N[C@@H](CC(C)C)C(=O)N(C)[C@@H](C(C)(C)O)C(=O)O[C@@H]([C@H](C)CC)C(=O)N(C)[C@@H](C(C)C)C(=O)N[C@@H](Cc2ccccc2)C(=O)N(C)[C@@H](Cc2ccccc2)C(=O)N2CCC[C@H]2C(=O)N[C@H]([C@H](C)CC)C(=O)N1C. The molecule has 0 radical (unpaired) electrons. The molecule has 538 valence electrons. The molecule has 0 bridgehead atoms. The Labute approximate surface area is 574 Å². The first-order valence-corrected chi connectivity index (χ1v) is 35.9. The number of hydrogen-bond acceptors (Lipinski definition) is 13. The van der Waals surface area contributed by atoms with E-state index < -0.39 is 131 Å². The van der Waals surface area contributed by atoms with Crippen LogP contribution in [0.2, 0.25) is 0 Å². The van der Waals surface area contributed by atoms with Crippen molar-refractivity contribution in [3.8, 4) is 0 Å². The van der Waals surface area contributed by atoms with E-state index in [-0.39, 0.29) is 70.0 Å². The maximum Gasteiger partial charge on any atom is 0.332 e. The van der Waals surface area contributed by atoms with Crippen molar-refractivity contribution in [2.75, 3.05) is 47.9 Å². The Bertz CT molecular complexity index is 2800. The van der Waals surface area contributed by atoms with Crippen LogP contribution in [-0.4, -0.2) is 197 Å². The molecule has 21 nitrogen and oxygen atoms in total. The summed E-state index contributed by atoms with van der Waals surface area (Å²) in [7, 11) is 5.64. The number of ketones is 1. The monoisotopic (exact) mass is 1340 g/mol. The maximum atomic E-state index is 15.5. The summed E-state index contributed by atoms with van der Waals surface area (Å²) in [6, 6.07) is 7.65. The molecule has 2 aliphatic heterocycles. The normalized spacial score (nSPS) is 23.8. The first kappa shape index (κ1) is 81.7. The maximum absolute atomic E-state index is 15.5. The molecule has 8 amide bonds. The number of fused-ring (bicyclic) bond motifs is 1. The molecule has 0 aromatic heterocycles. The van der Waals surface area contributed by atoms with Gasteiger partial charge in [-0.1, -0.05) is 194 Å². The molecule has 11 atom stereocenters. The van der Waals surface area contributed by atoms with E-state index in [1.165, 1.54) is 107 Å². The van der Waals surface area contributed by atoms with Crippen LogP contribution in [0.25, 0.3) is 0 Å². The van der Waals surface area contributed by atoms with E-state index in [0.29, 0.717) is 36.8 Å². The molecule has 2 aromatic carbocycles. The lowest BCUT2D eigenvalue weighted by Crippen LogP contribution is -2.62. The topological polar surface area (TPSA) is 262 Å². The summed E-state index contributed by atoms with van der Waals surface area (Å²) in [6.45, 7) is 19.2. The number of unbranched alkanes of at least 4 members (excludes halogenated alkanes) is 10. The van der Waals surface area contributed by atoms with Crippen LogP contribution in [0.3, 0.4) is 0 Å². The van der Waals surface area contributed by atoms with Gasteiger partial charge in [0.1, 0.15) is 48.9 Å². The molecule has 2 heterocycles. The smallest absolute Gasteiger partial charge is 0.332 e. The van der Waals surface area contributed by atoms with Crippen molar-refractivity contribution in [2.45, 2.75) is 271 Å². The minimum Gasteiger partial charge on any atom is -0.450 e. The number of cyclic esters (lactones) is 1. The number of rotatable bonds is 30. The largest absolute Gasteiger partial charge is 0.450 e. The summed E-state index contributed by atoms with van der Waals surface area (Å²) < 4.78 is 12.1. The van der Waals surface area contributed by atoms with E-state index in [1.54, 1.807) is 58.9 Å². The van der Waals surface area contributed by atoms with E-state index in [4.69, 9.17) is 9.47 Å². The summed E-state index contributed by atoms with van der Waals surface area (Å²) in [5, 5.41) is 20.7. The van der Waals surface area contributed by atoms with Crippen LogP contribution < -0.4 is 16.0 Å². The summed E-state index contributed by atoms with van der Waals surface area (Å²) in [5.41, 5.74) is -0.621. The zero-order chi connectivity index (χ0) is 71.4. The zero-order valence-corrected chi connectivity index (χ0v) is 60.8. The Kier molecular flexibility index (Phi) is 34.8. The van der Waals surface area contributed by atoms with Gasteiger partial charge in [0, 0.05) is 66.5 Å². The fourth-order valence-corrected chi connectivity index (χ4v) is 13.2. The van der Waals surface area contributed by atoms with Crippen molar-refractivity contribution in [1.82, 2.24) is 40.4 Å². The molecule has 0 aliphatic carbocycles. The van der Waals surface area contributed by atoms with Crippen LogP contribution in [0.5, 0.6) is 0 Å². The molecule has 21 heteroatoms. The second kappa shape index (κ2) is 40.9. The Morgan fingerprint density at radius 2 is 1.12 bits per heavy atom. The molecule has 4 rings (SSSR count). The number of amides is 8. The lowest BCUT2D eigenvalue weighted by Gasteiger charge is -2.39. The van der Waals surface area contributed by atoms with Gasteiger partial charge in [-0.2, -0.15) is 0 Å². The average molecular weight is 1340 g/mol. The van der Waals surface area contributed by atoms with Gasteiger partial charge in [-0.15, -0.1) is 0 Å². The van der Waals surface area contributed by atoms with E-state index in [2.05, 4.69) is 22.9 Å². The fraction of sp³-hybridized carbons (Fsp3) is 0.707. The number of carbonyl (C=O) groups is 10. The third-order valence-corrected chi connectivity index (χ3v) is 19.4. The number of Topliss-reactive ketones (excluding diaryl/α,β-unsaturated/α-hetero) is 1. The third-order valence-electron chi connectivity index (χ3n) is 19.4. The van der Waals surface area contributed by atoms with Gasteiger partial charge < -0.3 is 55.0 Å². The molecular weight excluding hydrogens is 1220 g/mol. The van der Waals surface area contributed by atoms with Crippen LogP contribution in [-0.2, 0) is 70.3 Å². The highest BCUT2D eigenvalue weighted by molar-refractivity contribution is 5.99. The highest BCUT2D eigenvalue weighted by atomic mass is 16.6. The first-order valence-electron chi connectivity index (χ1n) is 35.9. The van der Waals surface area contributed by atoms with Crippen molar-refractivity contribution >= 4 is 59.0 Å². The first-order chi connectivity index (χ1) is 45.5. The molecule has 2 aliphatic rings. The minimum absolute atomic E-state index is 0.0104. The number of esters is 1. The van der Waals surface area contributed by atoms with Gasteiger partial charge in [-0.25, -0.2) is 4.79 Å². The summed E-state index contributed by atoms with van der Waals surface area (Å²) in [4.78, 5) is 156. The Hall–Kier alpha value is -6.74. The van der Waals surface area contributed by atoms with Crippen LogP contribution in [0.4, 0.5) is 0 Å². The second-order valence-corrected chi connectivity index (χ2v) is 28.5. The van der Waals surface area contributed by atoms with Crippen molar-refractivity contribution in [1.29, 1.82) is 0 Å². The predicted octanol–water partition coefficient (Wildman–Crippen LogP) is 8.78. The number of aliphatic hydroxyl groups is 1. The highest BCUT2D eigenvalue weighted by Crippen LogP contribution is 2.28. The van der Waals surface area contributed by atoms with Crippen LogP contribution in [0, 0.1) is 23.7 Å². The molecule has 2 fully saturated rings. The third kappa shape index (κ3) is 24.7. The number of likely N-dealkylation sites (N-methyl/N-ethyl adjacent to an activating group) is 4. The molecular formula is C75H120N8O13. The van der Waals surface area contributed by atoms with Crippen LogP contribution in [0.15, 0.2) is 60.7 Å². The Balaban J connectivity index is 1.84. The number of nitrogens with zero attached hydrogens (tertiary/aromatic N) is 5. The van der Waals surface area contributed by atoms with Gasteiger partial charge >= 0.3 is 5.97 Å². The van der Waals surface area contributed by atoms with Crippen molar-refractivity contribution in [3.05, 3.63) is 71.8 Å². The van der Waals surface area contributed by atoms with E-state index in [9.17, 15) is 14.7 Å².